The number of likely N-dealkylation sites (tertiary alicyclic amines) is 1. The lowest BCUT2D eigenvalue weighted by molar-refractivity contribution is 0.104. The molecular weight excluding hydrogens is 400 g/mol. The summed E-state index contributed by atoms with van der Waals surface area (Å²) < 4.78 is 5.91. The van der Waals surface area contributed by atoms with E-state index in [1.165, 1.54) is 38.8 Å². The number of nitrogens with zero attached hydrogens (tertiary/aromatic N) is 3. The summed E-state index contributed by atoms with van der Waals surface area (Å²) in [6.45, 7) is 8.50. The largest absolute Gasteiger partial charge is 0.383 e. The molecule has 6 heteroatoms. The van der Waals surface area contributed by atoms with Gasteiger partial charge in [-0.1, -0.05) is 36.3 Å². The molecule has 3 aromatic rings. The second-order valence-electron chi connectivity index (χ2n) is 9.60. The number of anilines is 2. The predicted molar refractivity (Wildman–Crippen MR) is 128 cm³/mol. The lowest BCUT2D eigenvalue weighted by Gasteiger charge is -2.33. The van der Waals surface area contributed by atoms with Crippen LogP contribution in [-0.2, 0) is 0 Å². The Morgan fingerprint density at radius 3 is 2.75 bits per heavy atom. The van der Waals surface area contributed by atoms with Crippen molar-refractivity contribution in [2.45, 2.75) is 32.6 Å². The molecule has 0 spiro atoms. The average Bonchev–Trinajstić information content (AvgIpc) is 3.48. The summed E-state index contributed by atoms with van der Waals surface area (Å²) in [5, 5.41) is 9.00. The molecule has 0 bridgehead atoms. The highest BCUT2D eigenvalue weighted by Crippen LogP contribution is 2.46. The van der Waals surface area contributed by atoms with Crippen LogP contribution in [0.25, 0.3) is 22.2 Å². The Morgan fingerprint density at radius 2 is 1.94 bits per heavy atom. The van der Waals surface area contributed by atoms with Gasteiger partial charge in [0.15, 0.2) is 11.5 Å². The van der Waals surface area contributed by atoms with E-state index in [9.17, 15) is 4.79 Å². The fraction of sp³-hybridized carbons (Fsp3) is 0.462. The number of piperidine rings is 1. The fourth-order valence-electron chi connectivity index (χ4n) is 5.69. The molecule has 6 rings (SSSR count). The van der Waals surface area contributed by atoms with E-state index in [0.717, 1.165) is 59.8 Å². The average molecular weight is 431 g/mol. The molecule has 3 aliphatic rings. The number of ketones is 1. The Kier molecular flexibility index (Phi) is 4.90. The van der Waals surface area contributed by atoms with Crippen molar-refractivity contribution in [2.24, 2.45) is 5.92 Å². The van der Waals surface area contributed by atoms with Gasteiger partial charge >= 0.3 is 0 Å². The van der Waals surface area contributed by atoms with Gasteiger partial charge in [0.2, 0.25) is 0 Å². The highest BCUT2D eigenvalue weighted by Gasteiger charge is 2.34. The summed E-state index contributed by atoms with van der Waals surface area (Å²) >= 11 is 0. The lowest BCUT2D eigenvalue weighted by Crippen LogP contribution is -2.34. The van der Waals surface area contributed by atoms with Crippen molar-refractivity contribution in [1.29, 1.82) is 0 Å². The van der Waals surface area contributed by atoms with Crippen LogP contribution in [0.15, 0.2) is 34.9 Å². The van der Waals surface area contributed by atoms with E-state index >= 15 is 0 Å². The number of carbonyl (C=O) groups excluding carboxylic acids is 1. The van der Waals surface area contributed by atoms with Crippen molar-refractivity contribution in [1.82, 2.24) is 10.1 Å². The Bertz CT molecular complexity index is 1180. The SMILES string of the molecule is C[C@@H]1CCCN(c2cc(NCCN3CCCC3)c3c4c(onc24)-c2ccccc2C3=O)C1. The first-order valence-electron chi connectivity index (χ1n) is 12.0. The number of fused-ring (bicyclic) bond motifs is 2. The Balaban J connectivity index is 1.46. The molecular formula is C26H30N4O2. The summed E-state index contributed by atoms with van der Waals surface area (Å²) in [5.74, 6) is 1.43. The zero-order valence-electron chi connectivity index (χ0n) is 18.7. The van der Waals surface area contributed by atoms with E-state index in [1.807, 2.05) is 24.3 Å². The first kappa shape index (κ1) is 19.8. The van der Waals surface area contributed by atoms with E-state index in [1.54, 1.807) is 0 Å². The summed E-state index contributed by atoms with van der Waals surface area (Å²) in [5.41, 5.74) is 5.07. The Labute approximate surface area is 188 Å². The van der Waals surface area contributed by atoms with E-state index in [-0.39, 0.29) is 5.78 Å². The van der Waals surface area contributed by atoms with Crippen LogP contribution in [-0.4, -0.2) is 55.1 Å². The minimum absolute atomic E-state index is 0.0588. The normalized spacial score (nSPS) is 20.7. The van der Waals surface area contributed by atoms with Crippen molar-refractivity contribution in [3.05, 3.63) is 41.5 Å². The van der Waals surface area contributed by atoms with Crippen LogP contribution in [0.5, 0.6) is 0 Å². The smallest absolute Gasteiger partial charge is 0.196 e. The van der Waals surface area contributed by atoms with Crippen LogP contribution in [0.4, 0.5) is 11.4 Å². The molecule has 0 unspecified atom stereocenters. The highest BCUT2D eigenvalue weighted by molar-refractivity contribution is 6.28. The molecule has 1 aromatic heterocycles. The van der Waals surface area contributed by atoms with Crippen LogP contribution < -0.4 is 10.2 Å². The lowest BCUT2D eigenvalue weighted by atomic mass is 9.86. The van der Waals surface area contributed by atoms with Crippen LogP contribution in [0, 0.1) is 5.92 Å². The van der Waals surface area contributed by atoms with Crippen molar-refractivity contribution >= 4 is 28.1 Å². The van der Waals surface area contributed by atoms with Crippen molar-refractivity contribution in [2.75, 3.05) is 49.5 Å². The van der Waals surface area contributed by atoms with Crippen LogP contribution in [0.3, 0.4) is 0 Å². The van der Waals surface area contributed by atoms with Gasteiger partial charge in [0.05, 0.1) is 16.6 Å². The highest BCUT2D eigenvalue weighted by atomic mass is 16.5. The number of benzene rings is 2. The van der Waals surface area contributed by atoms with Gasteiger partial charge < -0.3 is 19.6 Å². The molecule has 1 aliphatic carbocycles. The van der Waals surface area contributed by atoms with Gasteiger partial charge in [0.25, 0.3) is 0 Å². The van der Waals surface area contributed by atoms with Crippen LogP contribution in [0.2, 0.25) is 0 Å². The van der Waals surface area contributed by atoms with E-state index < -0.39 is 0 Å². The number of carbonyl (C=O) groups is 1. The van der Waals surface area contributed by atoms with Gasteiger partial charge in [-0.3, -0.25) is 4.79 Å². The molecule has 1 atom stereocenters. The van der Waals surface area contributed by atoms with Crippen molar-refractivity contribution in [3.63, 3.8) is 0 Å². The van der Waals surface area contributed by atoms with Crippen LogP contribution in [0.1, 0.15) is 48.5 Å². The Hall–Kier alpha value is -2.86. The molecule has 166 valence electrons. The zero-order valence-corrected chi connectivity index (χ0v) is 18.7. The third-order valence-corrected chi connectivity index (χ3v) is 7.32. The molecule has 2 aromatic carbocycles. The number of aromatic nitrogens is 1. The zero-order chi connectivity index (χ0) is 21.7. The summed E-state index contributed by atoms with van der Waals surface area (Å²) in [6, 6.07) is 9.88. The van der Waals surface area contributed by atoms with Crippen molar-refractivity contribution < 1.29 is 9.32 Å². The molecule has 0 radical (unpaired) electrons. The van der Waals surface area contributed by atoms with E-state index in [2.05, 4.69) is 33.3 Å². The summed E-state index contributed by atoms with van der Waals surface area (Å²) in [7, 11) is 0. The topological polar surface area (TPSA) is 61.6 Å². The molecule has 2 saturated heterocycles. The van der Waals surface area contributed by atoms with Crippen LogP contribution >= 0.6 is 0 Å². The molecule has 2 aliphatic heterocycles. The standard InChI is InChI=1S/C26H30N4O2/c1-17-7-6-13-30(16-17)21-15-20(27-10-14-29-11-4-5-12-29)22-23-24(21)28-32-26(23)19-9-3-2-8-18(19)25(22)31/h2-3,8-9,15,17,27H,4-7,10-14,16H2,1H3/t17-/m1/s1. The maximum Gasteiger partial charge on any atom is 0.196 e. The number of hydrogen-bond donors (Lipinski definition) is 1. The maximum absolute atomic E-state index is 13.6. The van der Waals surface area contributed by atoms with Gasteiger partial charge in [0.1, 0.15) is 5.52 Å². The number of hydrogen-bond acceptors (Lipinski definition) is 6. The van der Waals surface area contributed by atoms with Gasteiger partial charge in [0, 0.05) is 43.0 Å². The van der Waals surface area contributed by atoms with Gasteiger partial charge in [-0.25, -0.2) is 0 Å². The summed E-state index contributed by atoms with van der Waals surface area (Å²) in [4.78, 5) is 18.6. The fourth-order valence-corrected chi connectivity index (χ4v) is 5.69. The minimum Gasteiger partial charge on any atom is -0.383 e. The van der Waals surface area contributed by atoms with E-state index in [0.29, 0.717) is 17.0 Å². The molecule has 0 saturated carbocycles. The predicted octanol–water partition coefficient (Wildman–Crippen LogP) is 4.78. The second-order valence-corrected chi connectivity index (χ2v) is 9.60. The van der Waals surface area contributed by atoms with Gasteiger partial charge in [-0.05, 0) is 50.8 Å². The first-order chi connectivity index (χ1) is 15.7. The summed E-state index contributed by atoms with van der Waals surface area (Å²) in [6.07, 6.45) is 5.00. The molecule has 0 amide bonds. The second kappa shape index (κ2) is 7.93. The maximum atomic E-state index is 13.6. The van der Waals surface area contributed by atoms with Gasteiger partial charge in [-0.2, -0.15) is 0 Å². The molecule has 3 heterocycles. The molecule has 2 fully saturated rings. The number of nitrogens with one attached hydrogen (secondary N) is 1. The number of rotatable bonds is 5. The quantitative estimate of drug-likeness (QED) is 0.492. The minimum atomic E-state index is 0.0588. The molecule has 1 N–H and O–H groups in total. The third-order valence-electron chi connectivity index (χ3n) is 7.32. The van der Waals surface area contributed by atoms with Gasteiger partial charge in [-0.15, -0.1) is 0 Å². The van der Waals surface area contributed by atoms with Crippen molar-refractivity contribution in [3.8, 4) is 11.3 Å². The molecule has 32 heavy (non-hydrogen) atoms. The molecule has 6 nitrogen and oxygen atoms in total. The monoisotopic (exact) mass is 430 g/mol. The first-order valence-corrected chi connectivity index (χ1v) is 12.0. The van der Waals surface area contributed by atoms with E-state index in [4.69, 9.17) is 4.52 Å². The third kappa shape index (κ3) is 3.20. The Morgan fingerprint density at radius 1 is 1.12 bits per heavy atom.